The van der Waals surface area contributed by atoms with Gasteiger partial charge in [-0.05, 0) is 59.9 Å². The van der Waals surface area contributed by atoms with Crippen LogP contribution in [0.4, 0.5) is 13.2 Å². The van der Waals surface area contributed by atoms with Gasteiger partial charge in [-0.15, -0.1) is 0 Å². The number of ether oxygens (including phenoxy) is 1. The molecule has 0 N–H and O–H groups in total. The third-order valence-electron chi connectivity index (χ3n) is 6.98. The SMILES string of the molecule is CCCCOc1ccc(-c2ccc(/C=C/c3ccc(C4CCC(C)CC4)c(F)c3F)cc2)c(F)c1. The molecule has 3 aromatic rings. The van der Waals surface area contributed by atoms with Gasteiger partial charge in [0.1, 0.15) is 11.6 Å². The number of hydrogen-bond acceptors (Lipinski definition) is 1. The van der Waals surface area contributed by atoms with E-state index in [0.717, 1.165) is 49.7 Å². The van der Waals surface area contributed by atoms with Crippen LogP contribution >= 0.6 is 0 Å². The smallest absolute Gasteiger partial charge is 0.166 e. The van der Waals surface area contributed by atoms with Crippen molar-refractivity contribution < 1.29 is 17.9 Å². The lowest BCUT2D eigenvalue weighted by molar-refractivity contribution is 0.308. The first-order valence-electron chi connectivity index (χ1n) is 12.6. The lowest BCUT2D eigenvalue weighted by atomic mass is 9.79. The maximum absolute atomic E-state index is 14.8. The van der Waals surface area contributed by atoms with Crippen molar-refractivity contribution in [2.24, 2.45) is 5.92 Å². The molecule has 184 valence electrons. The highest BCUT2D eigenvalue weighted by atomic mass is 19.2. The third-order valence-corrected chi connectivity index (χ3v) is 6.98. The predicted molar refractivity (Wildman–Crippen MR) is 138 cm³/mol. The monoisotopic (exact) mass is 478 g/mol. The third kappa shape index (κ3) is 6.17. The Hall–Kier alpha value is -3.01. The summed E-state index contributed by atoms with van der Waals surface area (Å²) < 4.78 is 49.8. The normalized spacial score (nSPS) is 18.2. The average Bonchev–Trinajstić information content (AvgIpc) is 2.86. The first kappa shape index (κ1) is 25.1. The minimum absolute atomic E-state index is 0.101. The van der Waals surface area contributed by atoms with Crippen molar-refractivity contribution in [2.45, 2.75) is 58.3 Å². The molecule has 1 aliphatic carbocycles. The van der Waals surface area contributed by atoms with Gasteiger partial charge >= 0.3 is 0 Å². The van der Waals surface area contributed by atoms with Gasteiger partial charge in [-0.2, -0.15) is 0 Å². The van der Waals surface area contributed by atoms with Crippen molar-refractivity contribution in [1.29, 1.82) is 0 Å². The molecule has 0 heterocycles. The molecular weight excluding hydrogens is 445 g/mol. The summed E-state index contributed by atoms with van der Waals surface area (Å²) in [4.78, 5) is 0. The summed E-state index contributed by atoms with van der Waals surface area (Å²) in [5.74, 6) is -0.571. The summed E-state index contributed by atoms with van der Waals surface area (Å²) in [6, 6.07) is 15.6. The Balaban J connectivity index is 1.45. The molecule has 0 atom stereocenters. The molecule has 4 heteroatoms. The van der Waals surface area contributed by atoms with E-state index in [1.807, 2.05) is 24.3 Å². The topological polar surface area (TPSA) is 9.23 Å². The minimum atomic E-state index is -0.794. The van der Waals surface area contributed by atoms with E-state index in [1.54, 1.807) is 36.4 Å². The molecule has 3 aromatic carbocycles. The lowest BCUT2D eigenvalue weighted by Crippen LogP contribution is -2.13. The van der Waals surface area contributed by atoms with E-state index in [2.05, 4.69) is 13.8 Å². The van der Waals surface area contributed by atoms with Crippen molar-refractivity contribution in [2.75, 3.05) is 6.61 Å². The fourth-order valence-corrected chi connectivity index (χ4v) is 4.71. The van der Waals surface area contributed by atoms with Crippen molar-refractivity contribution in [3.05, 3.63) is 88.7 Å². The summed E-state index contributed by atoms with van der Waals surface area (Å²) >= 11 is 0. The largest absolute Gasteiger partial charge is 0.493 e. The van der Waals surface area contributed by atoms with Crippen LogP contribution in [0.5, 0.6) is 5.75 Å². The number of hydrogen-bond donors (Lipinski definition) is 0. The molecule has 0 saturated heterocycles. The number of unbranched alkanes of at least 4 members (excludes halogenated alkanes) is 1. The molecule has 1 nitrogen and oxygen atoms in total. The summed E-state index contributed by atoms with van der Waals surface area (Å²) in [6.45, 7) is 4.86. The molecule has 1 fully saturated rings. The summed E-state index contributed by atoms with van der Waals surface area (Å²) in [5.41, 5.74) is 2.77. The zero-order valence-electron chi connectivity index (χ0n) is 20.5. The van der Waals surface area contributed by atoms with Gasteiger partial charge in [-0.1, -0.05) is 81.7 Å². The van der Waals surface area contributed by atoms with Crippen LogP contribution in [0.25, 0.3) is 23.3 Å². The van der Waals surface area contributed by atoms with Crippen LogP contribution in [0.1, 0.15) is 75.0 Å². The van der Waals surface area contributed by atoms with Gasteiger partial charge in [-0.25, -0.2) is 13.2 Å². The maximum Gasteiger partial charge on any atom is 0.166 e. The highest BCUT2D eigenvalue weighted by Crippen LogP contribution is 2.37. The molecule has 0 radical (unpaired) electrons. The van der Waals surface area contributed by atoms with Gasteiger partial charge in [0, 0.05) is 17.2 Å². The minimum Gasteiger partial charge on any atom is -0.493 e. The number of rotatable bonds is 8. The molecular formula is C31H33F3O. The Labute approximate surface area is 206 Å². The summed E-state index contributed by atoms with van der Waals surface area (Å²) in [5, 5.41) is 0. The molecule has 1 saturated carbocycles. The second-order valence-corrected chi connectivity index (χ2v) is 9.63. The van der Waals surface area contributed by atoms with Gasteiger partial charge < -0.3 is 4.74 Å². The summed E-state index contributed by atoms with van der Waals surface area (Å²) in [7, 11) is 0. The number of halogens is 3. The Morgan fingerprint density at radius 1 is 0.857 bits per heavy atom. The van der Waals surface area contributed by atoms with Crippen molar-refractivity contribution in [1.82, 2.24) is 0 Å². The maximum atomic E-state index is 14.8. The quantitative estimate of drug-likeness (QED) is 0.231. The van der Waals surface area contributed by atoms with Gasteiger partial charge in [0.25, 0.3) is 0 Å². The Bertz CT molecular complexity index is 1160. The number of benzene rings is 3. The van der Waals surface area contributed by atoms with E-state index in [-0.39, 0.29) is 17.3 Å². The zero-order chi connectivity index (χ0) is 24.8. The van der Waals surface area contributed by atoms with Crippen molar-refractivity contribution in [3.8, 4) is 16.9 Å². The van der Waals surface area contributed by atoms with E-state index in [0.29, 0.717) is 29.4 Å². The summed E-state index contributed by atoms with van der Waals surface area (Å²) in [6.07, 6.45) is 9.22. The van der Waals surface area contributed by atoms with Crippen LogP contribution in [0.2, 0.25) is 0 Å². The molecule has 0 amide bonds. The van der Waals surface area contributed by atoms with E-state index >= 15 is 0 Å². The standard InChI is InChI=1S/C31H33F3O/c1-3-4-19-35-26-16-18-27(29(32)20-26)23-12-7-22(8-13-23)9-14-25-15-17-28(31(34)30(25)33)24-10-5-21(2)6-11-24/h7-9,12-18,20-21,24H,3-6,10-11,19H2,1-2H3/b14-9+. The van der Waals surface area contributed by atoms with Gasteiger partial charge in [0.05, 0.1) is 6.61 Å². The Morgan fingerprint density at radius 3 is 2.29 bits per heavy atom. The molecule has 0 bridgehead atoms. The first-order chi connectivity index (χ1) is 17.0. The predicted octanol–water partition coefficient (Wildman–Crippen LogP) is 9.41. The van der Waals surface area contributed by atoms with Crippen LogP contribution in [-0.2, 0) is 0 Å². The molecule has 0 aromatic heterocycles. The average molecular weight is 479 g/mol. The highest BCUT2D eigenvalue weighted by molar-refractivity contribution is 5.73. The van der Waals surface area contributed by atoms with Crippen LogP contribution in [-0.4, -0.2) is 6.61 Å². The molecule has 1 aliphatic rings. The van der Waals surface area contributed by atoms with E-state index < -0.39 is 11.6 Å². The van der Waals surface area contributed by atoms with Crippen molar-refractivity contribution in [3.63, 3.8) is 0 Å². The first-order valence-corrected chi connectivity index (χ1v) is 12.6. The van der Waals surface area contributed by atoms with Crippen LogP contribution in [0.3, 0.4) is 0 Å². The fourth-order valence-electron chi connectivity index (χ4n) is 4.71. The molecule has 0 unspecified atom stereocenters. The molecule has 4 rings (SSSR count). The Morgan fingerprint density at radius 2 is 1.60 bits per heavy atom. The highest BCUT2D eigenvalue weighted by Gasteiger charge is 2.24. The van der Waals surface area contributed by atoms with E-state index in [4.69, 9.17) is 4.74 Å². The molecule has 0 aliphatic heterocycles. The fraction of sp³-hybridized carbons (Fsp3) is 0.355. The van der Waals surface area contributed by atoms with Crippen LogP contribution in [0.15, 0.2) is 54.6 Å². The van der Waals surface area contributed by atoms with Gasteiger partial charge in [0.2, 0.25) is 0 Å². The van der Waals surface area contributed by atoms with Crippen molar-refractivity contribution >= 4 is 12.2 Å². The van der Waals surface area contributed by atoms with Gasteiger partial charge in [-0.3, -0.25) is 0 Å². The van der Waals surface area contributed by atoms with Gasteiger partial charge in [0.15, 0.2) is 11.6 Å². The molecule has 0 spiro atoms. The Kier molecular flexibility index (Phi) is 8.33. The zero-order valence-corrected chi connectivity index (χ0v) is 20.5. The van der Waals surface area contributed by atoms with E-state index in [9.17, 15) is 13.2 Å². The lowest BCUT2D eigenvalue weighted by Gasteiger charge is -2.27. The second-order valence-electron chi connectivity index (χ2n) is 9.63. The second kappa shape index (κ2) is 11.6. The van der Waals surface area contributed by atoms with E-state index in [1.165, 1.54) is 6.07 Å². The van der Waals surface area contributed by atoms with Crippen LogP contribution in [0, 0.1) is 23.4 Å². The van der Waals surface area contributed by atoms with Crippen LogP contribution < -0.4 is 4.74 Å². The molecule has 35 heavy (non-hydrogen) atoms.